The molecule has 1 aromatic carbocycles. The predicted octanol–water partition coefficient (Wildman–Crippen LogP) is 0.487. The molecule has 37 heavy (non-hydrogen) atoms. The van der Waals surface area contributed by atoms with E-state index in [9.17, 15) is 39.6 Å². The van der Waals surface area contributed by atoms with Crippen LogP contribution in [0.3, 0.4) is 0 Å². The first-order valence-electron chi connectivity index (χ1n) is 11.7. The third-order valence-corrected chi connectivity index (χ3v) is 7.84. The number of benzene rings is 1. The summed E-state index contributed by atoms with van der Waals surface area (Å²) >= 11 is 0. The number of phenols is 1. The first-order valence-corrected chi connectivity index (χ1v) is 11.7. The van der Waals surface area contributed by atoms with Crippen LogP contribution < -0.4 is 5.32 Å². The zero-order valence-corrected chi connectivity index (χ0v) is 21.2. The zero-order chi connectivity index (χ0) is 27.6. The average Bonchev–Trinajstić information content (AvgIpc) is 2.82. The molecule has 0 saturated carbocycles. The number of aliphatic hydroxyl groups is 3. The van der Waals surface area contributed by atoms with Crippen LogP contribution in [0.5, 0.6) is 5.75 Å². The maximum absolute atomic E-state index is 13.9. The maximum Gasteiger partial charge on any atom is 0.316 e. The lowest BCUT2D eigenvalue weighted by molar-refractivity contribution is -0.163. The van der Waals surface area contributed by atoms with Crippen LogP contribution >= 0.6 is 0 Å². The zero-order valence-electron chi connectivity index (χ0n) is 21.2. The van der Waals surface area contributed by atoms with Gasteiger partial charge < -0.3 is 30.5 Å². The van der Waals surface area contributed by atoms with Gasteiger partial charge in [-0.1, -0.05) is 6.07 Å². The van der Waals surface area contributed by atoms with Crippen LogP contribution in [-0.4, -0.2) is 88.5 Å². The standard InChI is InChI=1S/C26H30N2O9/c1-11(29)16-21(32)19(28(3)4)14-9-25(24(35)37-5)8-13-12(10-27-2)6-7-15(30)17(13)20(31)18(25)23(34)26(14,36)22(16)33/h6-7,14,19,27,30,32,34,36H,8-10H2,1-5H3/t14-,19-,25+,26+/m0/s1. The van der Waals surface area contributed by atoms with Crippen molar-refractivity contribution in [2.24, 2.45) is 11.3 Å². The van der Waals surface area contributed by atoms with Crippen LogP contribution in [0, 0.1) is 11.3 Å². The molecule has 0 spiro atoms. The first kappa shape index (κ1) is 26.5. The van der Waals surface area contributed by atoms with Gasteiger partial charge in [0, 0.05) is 12.5 Å². The quantitative estimate of drug-likeness (QED) is 0.273. The molecule has 11 heteroatoms. The monoisotopic (exact) mass is 514 g/mol. The number of rotatable bonds is 5. The van der Waals surface area contributed by atoms with Gasteiger partial charge in [0.05, 0.1) is 24.3 Å². The minimum absolute atomic E-state index is 0.159. The van der Waals surface area contributed by atoms with Gasteiger partial charge in [-0.05, 0) is 58.1 Å². The number of ether oxygens (including phenoxy) is 1. The van der Waals surface area contributed by atoms with Crippen molar-refractivity contribution in [1.29, 1.82) is 0 Å². The summed E-state index contributed by atoms with van der Waals surface area (Å²) in [5.74, 6) is -7.34. The topological polar surface area (TPSA) is 174 Å². The molecular formula is C26H30N2O9. The number of carbonyl (C=O) groups excluding carboxylic acids is 4. The number of ketones is 3. The summed E-state index contributed by atoms with van der Waals surface area (Å²) in [4.78, 5) is 54.7. The lowest BCUT2D eigenvalue weighted by Gasteiger charge is -2.53. The maximum atomic E-state index is 13.9. The highest BCUT2D eigenvalue weighted by atomic mass is 16.5. The number of hydrogen-bond donors (Lipinski definition) is 5. The van der Waals surface area contributed by atoms with Gasteiger partial charge in [-0.3, -0.25) is 24.1 Å². The molecule has 0 unspecified atom stereocenters. The molecule has 3 aliphatic carbocycles. The van der Waals surface area contributed by atoms with Crippen LogP contribution in [0.15, 0.2) is 34.8 Å². The summed E-state index contributed by atoms with van der Waals surface area (Å²) in [7, 11) is 5.89. The molecule has 198 valence electrons. The van der Waals surface area contributed by atoms with Crippen LogP contribution in [0.2, 0.25) is 0 Å². The van der Waals surface area contributed by atoms with Gasteiger partial charge >= 0.3 is 5.97 Å². The highest BCUT2D eigenvalue weighted by molar-refractivity contribution is 6.25. The Kier molecular flexibility index (Phi) is 6.30. The molecule has 0 radical (unpaired) electrons. The van der Waals surface area contributed by atoms with Crippen molar-refractivity contribution in [1.82, 2.24) is 10.2 Å². The second-order valence-electron chi connectivity index (χ2n) is 10.1. The van der Waals surface area contributed by atoms with E-state index in [4.69, 9.17) is 4.74 Å². The van der Waals surface area contributed by atoms with Crippen molar-refractivity contribution < 1.29 is 44.3 Å². The van der Waals surface area contributed by atoms with Crippen molar-refractivity contribution in [3.05, 3.63) is 51.5 Å². The summed E-state index contributed by atoms with van der Waals surface area (Å²) in [6, 6.07) is 1.76. The lowest BCUT2D eigenvalue weighted by atomic mass is 9.52. The van der Waals surface area contributed by atoms with Gasteiger partial charge in [0.15, 0.2) is 17.2 Å². The molecule has 0 fully saturated rings. The van der Waals surface area contributed by atoms with Crippen molar-refractivity contribution in [3.63, 3.8) is 0 Å². The minimum atomic E-state index is -2.79. The normalized spacial score (nSPS) is 29.2. The van der Waals surface area contributed by atoms with Crippen molar-refractivity contribution in [3.8, 4) is 5.75 Å². The smallest absolute Gasteiger partial charge is 0.316 e. The number of carbonyl (C=O) groups is 4. The number of nitrogens with zero attached hydrogens (tertiary/aromatic N) is 1. The molecule has 3 aliphatic rings. The molecule has 4 atom stereocenters. The Morgan fingerprint density at radius 3 is 2.38 bits per heavy atom. The number of likely N-dealkylation sites (N-methyl/N-ethyl adjacent to an activating group) is 1. The number of fused-ring (bicyclic) bond motifs is 3. The molecule has 11 nitrogen and oxygen atoms in total. The van der Waals surface area contributed by atoms with Crippen LogP contribution in [0.4, 0.5) is 0 Å². The van der Waals surface area contributed by atoms with Gasteiger partial charge in [0.1, 0.15) is 28.3 Å². The summed E-state index contributed by atoms with van der Waals surface area (Å²) < 4.78 is 5.09. The van der Waals surface area contributed by atoms with Gasteiger partial charge in [-0.2, -0.15) is 0 Å². The van der Waals surface area contributed by atoms with E-state index in [0.717, 1.165) is 14.0 Å². The number of phenolic OH excluding ortho intramolecular Hbond substituents is 1. The van der Waals surface area contributed by atoms with Gasteiger partial charge in [0.2, 0.25) is 5.78 Å². The van der Waals surface area contributed by atoms with Gasteiger partial charge in [0.25, 0.3) is 0 Å². The van der Waals surface area contributed by atoms with Crippen molar-refractivity contribution in [2.75, 3.05) is 28.3 Å². The highest BCUT2D eigenvalue weighted by Crippen LogP contribution is 2.58. The van der Waals surface area contributed by atoms with E-state index < -0.39 is 74.7 Å². The largest absolute Gasteiger partial charge is 0.510 e. The number of hydrogen-bond acceptors (Lipinski definition) is 11. The Bertz CT molecular complexity index is 1310. The Labute approximate surface area is 213 Å². The summed E-state index contributed by atoms with van der Waals surface area (Å²) in [6.45, 7) is 1.34. The summed E-state index contributed by atoms with van der Waals surface area (Å²) in [5.41, 5.74) is -5.08. The van der Waals surface area contributed by atoms with Crippen molar-refractivity contribution in [2.45, 2.75) is 38.0 Å². The fraction of sp³-hybridized carbons (Fsp3) is 0.462. The molecule has 4 rings (SSSR count). The average molecular weight is 515 g/mol. The molecule has 1 aromatic rings. The predicted molar refractivity (Wildman–Crippen MR) is 129 cm³/mol. The minimum Gasteiger partial charge on any atom is -0.510 e. The highest BCUT2D eigenvalue weighted by Gasteiger charge is 2.68. The third-order valence-electron chi connectivity index (χ3n) is 7.84. The Balaban J connectivity index is 2.11. The number of esters is 1. The second-order valence-corrected chi connectivity index (χ2v) is 10.1. The van der Waals surface area contributed by atoms with Crippen LogP contribution in [-0.2, 0) is 32.1 Å². The molecule has 0 bridgehead atoms. The Morgan fingerprint density at radius 1 is 1.19 bits per heavy atom. The molecule has 0 aromatic heterocycles. The molecular weight excluding hydrogens is 484 g/mol. The second kappa shape index (κ2) is 8.79. The Morgan fingerprint density at radius 2 is 1.84 bits per heavy atom. The van der Waals surface area contributed by atoms with Gasteiger partial charge in [-0.15, -0.1) is 0 Å². The van der Waals surface area contributed by atoms with E-state index in [1.807, 2.05) is 0 Å². The summed E-state index contributed by atoms with van der Waals surface area (Å²) in [6.07, 6.45) is -0.560. The number of aliphatic hydroxyl groups excluding tert-OH is 2. The van der Waals surface area contributed by atoms with E-state index in [0.29, 0.717) is 17.7 Å². The third kappa shape index (κ3) is 3.38. The summed E-state index contributed by atoms with van der Waals surface area (Å²) in [5, 5.41) is 47.9. The van der Waals surface area contributed by atoms with E-state index in [-0.39, 0.29) is 18.4 Å². The fourth-order valence-electron chi connectivity index (χ4n) is 6.28. The van der Waals surface area contributed by atoms with E-state index in [1.54, 1.807) is 27.2 Å². The fourth-order valence-corrected chi connectivity index (χ4v) is 6.28. The SMILES string of the molecule is CNCc1ccc(O)c2c1C[C@@]1(C(=O)OC)C[C@H]3[C@H](N(C)C)C(O)=C(C(C)=O)C(=O)[C@@]3(O)C(O)=C1C2=O. The number of methoxy groups -OCH3 is 1. The Hall–Kier alpha value is -3.54. The number of aromatic hydroxyl groups is 1. The first-order chi connectivity index (χ1) is 17.3. The van der Waals surface area contributed by atoms with E-state index in [2.05, 4.69) is 5.32 Å². The van der Waals surface area contributed by atoms with E-state index >= 15 is 0 Å². The van der Waals surface area contributed by atoms with Crippen LogP contribution in [0.1, 0.15) is 34.8 Å². The molecule has 0 aliphatic heterocycles. The number of Topliss-reactive ketones (excluding diaryl/α,β-unsaturated/α-hetero) is 3. The van der Waals surface area contributed by atoms with Crippen molar-refractivity contribution >= 4 is 23.3 Å². The molecule has 0 amide bonds. The molecule has 5 N–H and O–H groups in total. The van der Waals surface area contributed by atoms with E-state index in [1.165, 1.54) is 11.0 Å². The number of nitrogens with one attached hydrogen (secondary N) is 1. The molecule has 0 heterocycles. The van der Waals surface area contributed by atoms with Crippen LogP contribution in [0.25, 0.3) is 0 Å². The lowest BCUT2D eigenvalue weighted by Crippen LogP contribution is -2.66. The molecule has 0 saturated heterocycles. The van der Waals surface area contributed by atoms with Gasteiger partial charge in [-0.25, -0.2) is 0 Å².